The molecule has 0 saturated carbocycles. The van der Waals surface area contributed by atoms with E-state index >= 15 is 0 Å². The first kappa shape index (κ1) is 24.4. The first-order valence-corrected chi connectivity index (χ1v) is 9.68. The Morgan fingerprint density at radius 2 is 1.65 bits per heavy atom. The fourth-order valence-corrected chi connectivity index (χ4v) is 3.09. The van der Waals surface area contributed by atoms with Gasteiger partial charge in [-0.1, -0.05) is 12.1 Å². The van der Waals surface area contributed by atoms with Gasteiger partial charge in [-0.15, -0.1) is 24.0 Å². The summed E-state index contributed by atoms with van der Waals surface area (Å²) in [7, 11) is 5.00. The summed E-state index contributed by atoms with van der Waals surface area (Å²) in [6, 6.07) is 11.9. The van der Waals surface area contributed by atoms with Crippen molar-refractivity contribution in [2.45, 2.75) is 26.9 Å². The number of aryl methyl sites for hydroxylation is 2. The second-order valence-electron chi connectivity index (χ2n) is 6.83. The van der Waals surface area contributed by atoms with Gasteiger partial charge in [-0.05, 0) is 49.2 Å². The van der Waals surface area contributed by atoms with Gasteiger partial charge in [-0.2, -0.15) is 5.10 Å². The Morgan fingerprint density at radius 1 is 0.968 bits per heavy atom. The second kappa shape index (κ2) is 11.5. The Morgan fingerprint density at radius 3 is 2.19 bits per heavy atom. The van der Waals surface area contributed by atoms with Crippen LogP contribution in [-0.2, 0) is 13.1 Å². The van der Waals surface area contributed by atoms with E-state index < -0.39 is 0 Å². The molecule has 9 heteroatoms. The number of benzene rings is 1. The Balaban J connectivity index is 0.00000341. The third-order valence-corrected chi connectivity index (χ3v) is 4.63. The quantitative estimate of drug-likeness (QED) is 0.274. The highest BCUT2D eigenvalue weighted by molar-refractivity contribution is 14.0. The molecule has 0 aliphatic carbocycles. The van der Waals surface area contributed by atoms with Gasteiger partial charge in [0.15, 0.2) is 23.3 Å². The van der Waals surface area contributed by atoms with Crippen LogP contribution in [0.15, 0.2) is 47.6 Å². The van der Waals surface area contributed by atoms with Gasteiger partial charge >= 0.3 is 0 Å². The van der Waals surface area contributed by atoms with Crippen molar-refractivity contribution in [1.29, 1.82) is 0 Å². The summed E-state index contributed by atoms with van der Waals surface area (Å²) in [6.07, 6.45) is 1.85. The zero-order valence-electron chi connectivity index (χ0n) is 18.5. The first-order chi connectivity index (χ1) is 14.5. The van der Waals surface area contributed by atoms with Crippen molar-refractivity contribution in [3.63, 3.8) is 0 Å². The molecular weight excluding hydrogens is 507 g/mol. The van der Waals surface area contributed by atoms with Crippen molar-refractivity contribution in [2.75, 3.05) is 21.3 Å². The van der Waals surface area contributed by atoms with Crippen molar-refractivity contribution < 1.29 is 9.47 Å². The summed E-state index contributed by atoms with van der Waals surface area (Å²) < 4.78 is 12.5. The van der Waals surface area contributed by atoms with Crippen LogP contribution in [0.1, 0.15) is 22.5 Å². The average Bonchev–Trinajstić information content (AvgIpc) is 3.11. The number of aliphatic imine (C=N–C) groups is 1. The SMILES string of the molecule is CN=C(NCc1ccc(-n2nc(C)cc2C)nc1)NCc1ccc(OC)c(OC)c1.I. The number of rotatable bonds is 7. The molecule has 0 bridgehead atoms. The molecule has 0 spiro atoms. The molecule has 0 atom stereocenters. The van der Waals surface area contributed by atoms with Crippen molar-refractivity contribution in [1.82, 2.24) is 25.4 Å². The fraction of sp³-hybridized carbons (Fsp3) is 0.318. The summed E-state index contributed by atoms with van der Waals surface area (Å²) >= 11 is 0. The zero-order valence-corrected chi connectivity index (χ0v) is 20.8. The van der Waals surface area contributed by atoms with E-state index in [-0.39, 0.29) is 24.0 Å². The summed E-state index contributed by atoms with van der Waals surface area (Å²) in [5, 5.41) is 11.1. The fourth-order valence-electron chi connectivity index (χ4n) is 3.09. The lowest BCUT2D eigenvalue weighted by atomic mass is 10.2. The van der Waals surface area contributed by atoms with E-state index in [4.69, 9.17) is 9.47 Å². The minimum Gasteiger partial charge on any atom is -0.493 e. The first-order valence-electron chi connectivity index (χ1n) is 9.68. The third kappa shape index (κ3) is 6.33. The van der Waals surface area contributed by atoms with Crippen LogP contribution in [-0.4, -0.2) is 42.0 Å². The number of nitrogens with one attached hydrogen (secondary N) is 2. The van der Waals surface area contributed by atoms with Crippen molar-refractivity contribution in [3.05, 3.63) is 65.1 Å². The van der Waals surface area contributed by atoms with Gasteiger partial charge in [0.2, 0.25) is 0 Å². The number of aromatic nitrogens is 3. The molecular formula is C22H29IN6O2. The molecule has 2 heterocycles. The molecule has 3 rings (SSSR count). The monoisotopic (exact) mass is 536 g/mol. The molecule has 0 aliphatic rings. The van der Waals surface area contributed by atoms with E-state index in [0.717, 1.165) is 28.3 Å². The van der Waals surface area contributed by atoms with Gasteiger partial charge in [-0.25, -0.2) is 9.67 Å². The lowest BCUT2D eigenvalue weighted by Crippen LogP contribution is -2.36. The maximum Gasteiger partial charge on any atom is 0.191 e. The van der Waals surface area contributed by atoms with Crippen LogP contribution in [0, 0.1) is 13.8 Å². The van der Waals surface area contributed by atoms with Crippen LogP contribution in [0.4, 0.5) is 0 Å². The minimum absolute atomic E-state index is 0. The number of hydrogen-bond donors (Lipinski definition) is 2. The molecule has 3 aromatic rings. The summed E-state index contributed by atoms with van der Waals surface area (Å²) in [6.45, 7) is 5.21. The standard InChI is InChI=1S/C22H28N6O2.HI/c1-15-10-16(2)28(27-15)21-9-7-18(13-24-21)14-26-22(23-3)25-12-17-6-8-19(29-4)20(11-17)30-5;/h6-11,13H,12,14H2,1-5H3,(H2,23,25,26);1H. The molecule has 0 fully saturated rings. The molecule has 0 unspecified atom stereocenters. The highest BCUT2D eigenvalue weighted by Gasteiger charge is 2.07. The molecule has 1 aromatic carbocycles. The Kier molecular flexibility index (Phi) is 9.10. The average molecular weight is 536 g/mol. The van der Waals surface area contributed by atoms with E-state index in [1.54, 1.807) is 21.3 Å². The van der Waals surface area contributed by atoms with E-state index in [2.05, 4.69) is 25.7 Å². The highest BCUT2D eigenvalue weighted by Crippen LogP contribution is 2.27. The van der Waals surface area contributed by atoms with Crippen molar-refractivity contribution >= 4 is 29.9 Å². The number of pyridine rings is 1. The predicted molar refractivity (Wildman–Crippen MR) is 133 cm³/mol. The molecule has 2 aromatic heterocycles. The van der Waals surface area contributed by atoms with E-state index in [1.165, 1.54) is 0 Å². The normalized spacial score (nSPS) is 10.9. The lowest BCUT2D eigenvalue weighted by Gasteiger charge is -2.14. The summed E-state index contributed by atoms with van der Waals surface area (Å²) in [4.78, 5) is 8.81. The number of nitrogens with zero attached hydrogens (tertiary/aromatic N) is 4. The van der Waals surface area contributed by atoms with Gasteiger partial charge < -0.3 is 20.1 Å². The number of hydrogen-bond acceptors (Lipinski definition) is 5. The topological polar surface area (TPSA) is 85.6 Å². The molecule has 2 N–H and O–H groups in total. The molecule has 0 radical (unpaired) electrons. The number of guanidine groups is 1. The molecule has 0 aliphatic heterocycles. The molecule has 0 amide bonds. The van der Waals surface area contributed by atoms with Crippen LogP contribution in [0.2, 0.25) is 0 Å². The number of ether oxygens (including phenoxy) is 2. The zero-order chi connectivity index (χ0) is 21.5. The maximum absolute atomic E-state index is 5.35. The summed E-state index contributed by atoms with van der Waals surface area (Å²) in [5.74, 6) is 2.92. The molecule has 31 heavy (non-hydrogen) atoms. The van der Waals surface area contributed by atoms with Crippen LogP contribution < -0.4 is 20.1 Å². The largest absolute Gasteiger partial charge is 0.493 e. The Bertz CT molecular complexity index is 1020. The van der Waals surface area contributed by atoms with Crippen LogP contribution in [0.3, 0.4) is 0 Å². The predicted octanol–water partition coefficient (Wildman–Crippen LogP) is 3.38. The van der Waals surface area contributed by atoms with Crippen LogP contribution in [0.5, 0.6) is 11.5 Å². The highest BCUT2D eigenvalue weighted by atomic mass is 127. The van der Waals surface area contributed by atoms with Gasteiger partial charge in [0, 0.05) is 32.0 Å². The van der Waals surface area contributed by atoms with E-state index in [1.807, 2.05) is 61.1 Å². The van der Waals surface area contributed by atoms with Gasteiger partial charge in [-0.3, -0.25) is 4.99 Å². The molecule has 166 valence electrons. The molecule has 8 nitrogen and oxygen atoms in total. The number of halogens is 1. The van der Waals surface area contributed by atoms with Crippen LogP contribution in [0.25, 0.3) is 5.82 Å². The summed E-state index contributed by atoms with van der Waals surface area (Å²) in [5.41, 5.74) is 4.15. The second-order valence-corrected chi connectivity index (χ2v) is 6.83. The van der Waals surface area contributed by atoms with Crippen molar-refractivity contribution in [3.8, 4) is 17.3 Å². The van der Waals surface area contributed by atoms with E-state index in [0.29, 0.717) is 30.5 Å². The van der Waals surface area contributed by atoms with Gasteiger partial charge in [0.05, 0.1) is 19.9 Å². The number of methoxy groups -OCH3 is 2. The van der Waals surface area contributed by atoms with E-state index in [9.17, 15) is 0 Å². The lowest BCUT2D eigenvalue weighted by molar-refractivity contribution is 0.354. The third-order valence-electron chi connectivity index (χ3n) is 4.63. The molecule has 0 saturated heterocycles. The Labute approximate surface area is 200 Å². The minimum atomic E-state index is 0. The smallest absolute Gasteiger partial charge is 0.191 e. The van der Waals surface area contributed by atoms with Crippen LogP contribution >= 0.6 is 24.0 Å². The van der Waals surface area contributed by atoms with Gasteiger partial charge in [0.1, 0.15) is 0 Å². The van der Waals surface area contributed by atoms with Gasteiger partial charge in [0.25, 0.3) is 0 Å². The maximum atomic E-state index is 5.35. The van der Waals surface area contributed by atoms with Crippen molar-refractivity contribution in [2.24, 2.45) is 4.99 Å². The Hall–Kier alpha value is -2.82.